The molecule has 1 heteroatoms. The van der Waals surface area contributed by atoms with Crippen molar-refractivity contribution < 1.29 is 0 Å². The van der Waals surface area contributed by atoms with Crippen LogP contribution in [-0.4, -0.2) is 12.6 Å². The van der Waals surface area contributed by atoms with Crippen molar-refractivity contribution in [2.24, 2.45) is 22.2 Å². The highest BCUT2D eigenvalue weighted by molar-refractivity contribution is 5.10. The highest BCUT2D eigenvalue weighted by Crippen LogP contribution is 2.70. The first-order valence-electron chi connectivity index (χ1n) is 9.13. The zero-order valence-corrected chi connectivity index (χ0v) is 14.2. The minimum absolute atomic E-state index is 0.678. The van der Waals surface area contributed by atoms with Gasteiger partial charge in [-0.3, -0.25) is 0 Å². The van der Waals surface area contributed by atoms with E-state index in [1.807, 2.05) is 0 Å². The molecular weight excluding hydrogens is 242 g/mol. The third-order valence-corrected chi connectivity index (χ3v) is 6.60. The van der Waals surface area contributed by atoms with Crippen LogP contribution in [0.25, 0.3) is 0 Å². The van der Waals surface area contributed by atoms with Crippen molar-refractivity contribution in [3.63, 3.8) is 0 Å². The highest BCUT2D eigenvalue weighted by Gasteiger charge is 2.59. The van der Waals surface area contributed by atoms with Gasteiger partial charge in [0.15, 0.2) is 0 Å². The predicted molar refractivity (Wildman–Crippen MR) is 86.8 cm³/mol. The normalized spacial score (nSPS) is 47.7. The Morgan fingerprint density at radius 1 is 1.00 bits per heavy atom. The van der Waals surface area contributed by atoms with E-state index in [0.717, 1.165) is 12.0 Å². The molecule has 4 fully saturated rings. The van der Waals surface area contributed by atoms with Gasteiger partial charge in [0.25, 0.3) is 0 Å². The molecule has 0 radical (unpaired) electrons. The van der Waals surface area contributed by atoms with E-state index in [0.29, 0.717) is 16.2 Å². The molecule has 0 heterocycles. The van der Waals surface area contributed by atoms with Crippen molar-refractivity contribution in [2.75, 3.05) is 6.54 Å². The number of rotatable bonds is 6. The van der Waals surface area contributed by atoms with Gasteiger partial charge in [-0.15, -0.1) is 0 Å². The fourth-order valence-electron chi connectivity index (χ4n) is 7.14. The quantitative estimate of drug-likeness (QED) is 0.708. The largest absolute Gasteiger partial charge is 0.314 e. The molecule has 4 rings (SSSR count). The second-order valence-electron chi connectivity index (χ2n) is 9.39. The minimum Gasteiger partial charge on any atom is -0.314 e. The van der Waals surface area contributed by atoms with Gasteiger partial charge in [0, 0.05) is 6.04 Å². The van der Waals surface area contributed by atoms with Gasteiger partial charge in [0.2, 0.25) is 0 Å². The van der Waals surface area contributed by atoms with E-state index in [1.165, 1.54) is 57.9 Å². The molecule has 1 nitrogen and oxygen atoms in total. The zero-order valence-electron chi connectivity index (χ0n) is 14.2. The van der Waals surface area contributed by atoms with Crippen LogP contribution >= 0.6 is 0 Å². The molecule has 0 aromatic rings. The average molecular weight is 277 g/mol. The fraction of sp³-hybridized carbons (Fsp3) is 1.00. The fourth-order valence-corrected chi connectivity index (χ4v) is 7.14. The molecule has 0 aromatic heterocycles. The summed E-state index contributed by atoms with van der Waals surface area (Å²) in [5.41, 5.74) is 2.04. The first-order chi connectivity index (χ1) is 9.40. The lowest BCUT2D eigenvalue weighted by atomic mass is 9.39. The van der Waals surface area contributed by atoms with E-state index in [9.17, 15) is 0 Å². The first-order valence-corrected chi connectivity index (χ1v) is 9.13. The first kappa shape index (κ1) is 14.9. The maximum atomic E-state index is 3.82. The highest BCUT2D eigenvalue weighted by atomic mass is 14.9. The van der Waals surface area contributed by atoms with Crippen LogP contribution in [0.5, 0.6) is 0 Å². The summed E-state index contributed by atoms with van der Waals surface area (Å²) in [6, 6.07) is 0.762. The molecule has 4 aliphatic carbocycles. The molecular formula is C19H35N. The number of hydrogen-bond donors (Lipinski definition) is 1. The van der Waals surface area contributed by atoms with Crippen molar-refractivity contribution >= 4 is 0 Å². The number of nitrogens with one attached hydrogen (secondary N) is 1. The summed E-state index contributed by atoms with van der Waals surface area (Å²) in [6.45, 7) is 11.1. The van der Waals surface area contributed by atoms with Crippen molar-refractivity contribution in [3.05, 3.63) is 0 Å². The van der Waals surface area contributed by atoms with Crippen LogP contribution < -0.4 is 5.32 Å². The number of hydrogen-bond acceptors (Lipinski definition) is 1. The molecule has 20 heavy (non-hydrogen) atoms. The summed E-state index contributed by atoms with van der Waals surface area (Å²) in [7, 11) is 0. The van der Waals surface area contributed by atoms with Crippen LogP contribution in [0, 0.1) is 22.2 Å². The minimum atomic E-state index is 0.678. The van der Waals surface area contributed by atoms with Crippen LogP contribution in [0.15, 0.2) is 0 Å². The molecule has 0 aromatic carbocycles. The molecule has 116 valence electrons. The molecule has 0 amide bonds. The molecule has 3 unspecified atom stereocenters. The topological polar surface area (TPSA) is 12.0 Å². The maximum Gasteiger partial charge on any atom is 0.00697 e. The molecule has 0 spiro atoms. The lowest BCUT2D eigenvalue weighted by molar-refractivity contribution is -0.150. The van der Waals surface area contributed by atoms with Gasteiger partial charge >= 0.3 is 0 Å². The molecule has 3 atom stereocenters. The van der Waals surface area contributed by atoms with Gasteiger partial charge in [-0.05, 0) is 86.5 Å². The average Bonchev–Trinajstić information content (AvgIpc) is 2.29. The summed E-state index contributed by atoms with van der Waals surface area (Å²) in [5, 5.41) is 3.82. The second kappa shape index (κ2) is 5.00. The standard InChI is InChI=1S/C19H35N/c1-5-7-20-16(6-2)11-19-10-15-8-17(3,13-19)12-18(4,9-15)14-19/h15-16,20H,5-14H2,1-4H3. The smallest absolute Gasteiger partial charge is 0.00697 e. The van der Waals surface area contributed by atoms with Gasteiger partial charge in [0.1, 0.15) is 0 Å². The second-order valence-corrected chi connectivity index (χ2v) is 9.39. The Bertz CT molecular complexity index is 343. The molecule has 4 aliphatic rings. The lowest BCUT2D eigenvalue weighted by Crippen LogP contribution is -2.56. The van der Waals surface area contributed by atoms with Crippen LogP contribution in [-0.2, 0) is 0 Å². The van der Waals surface area contributed by atoms with Gasteiger partial charge in [-0.25, -0.2) is 0 Å². The van der Waals surface area contributed by atoms with Gasteiger partial charge in [-0.1, -0.05) is 27.7 Å². The summed E-state index contributed by atoms with van der Waals surface area (Å²) < 4.78 is 0. The van der Waals surface area contributed by atoms with Gasteiger partial charge in [0.05, 0.1) is 0 Å². The Labute approximate surface area is 126 Å². The summed E-state index contributed by atoms with van der Waals surface area (Å²) in [6.07, 6.45) is 13.2. The van der Waals surface area contributed by atoms with Crippen molar-refractivity contribution in [1.82, 2.24) is 5.32 Å². The third-order valence-electron chi connectivity index (χ3n) is 6.60. The molecule has 4 bridgehead atoms. The van der Waals surface area contributed by atoms with Crippen LogP contribution in [0.3, 0.4) is 0 Å². The van der Waals surface area contributed by atoms with E-state index in [2.05, 4.69) is 33.0 Å². The molecule has 4 saturated carbocycles. The van der Waals surface area contributed by atoms with Crippen LogP contribution in [0.2, 0.25) is 0 Å². The Kier molecular flexibility index (Phi) is 3.72. The van der Waals surface area contributed by atoms with Crippen LogP contribution in [0.1, 0.15) is 85.5 Å². The van der Waals surface area contributed by atoms with Crippen molar-refractivity contribution in [1.29, 1.82) is 0 Å². The molecule has 1 N–H and O–H groups in total. The van der Waals surface area contributed by atoms with Crippen molar-refractivity contribution in [3.8, 4) is 0 Å². The van der Waals surface area contributed by atoms with Gasteiger partial charge in [-0.2, -0.15) is 0 Å². The molecule has 0 aliphatic heterocycles. The Morgan fingerprint density at radius 2 is 1.65 bits per heavy atom. The summed E-state index contributed by atoms with van der Waals surface area (Å²) >= 11 is 0. The predicted octanol–water partition coefficient (Wildman–Crippen LogP) is 5.15. The third kappa shape index (κ3) is 2.67. The maximum absolute atomic E-state index is 3.82. The monoisotopic (exact) mass is 277 g/mol. The van der Waals surface area contributed by atoms with E-state index < -0.39 is 0 Å². The summed E-state index contributed by atoms with van der Waals surface area (Å²) in [4.78, 5) is 0. The van der Waals surface area contributed by atoms with Crippen molar-refractivity contribution in [2.45, 2.75) is 91.5 Å². The Balaban J connectivity index is 1.75. The van der Waals surface area contributed by atoms with Crippen LogP contribution in [0.4, 0.5) is 0 Å². The van der Waals surface area contributed by atoms with E-state index >= 15 is 0 Å². The Morgan fingerprint density at radius 3 is 2.15 bits per heavy atom. The zero-order chi connectivity index (χ0) is 14.4. The Hall–Kier alpha value is -0.0400. The van der Waals surface area contributed by atoms with E-state index in [4.69, 9.17) is 0 Å². The van der Waals surface area contributed by atoms with E-state index in [-0.39, 0.29) is 0 Å². The lowest BCUT2D eigenvalue weighted by Gasteiger charge is -2.66. The SMILES string of the molecule is CCCNC(CC)CC12CC3CC(C)(CC(C)(C3)C1)C2. The van der Waals surface area contributed by atoms with Gasteiger partial charge < -0.3 is 5.32 Å². The summed E-state index contributed by atoms with van der Waals surface area (Å²) in [5.74, 6) is 1.05. The molecule has 0 saturated heterocycles. The van der Waals surface area contributed by atoms with E-state index in [1.54, 1.807) is 6.42 Å².